The molecule has 2 aromatic carbocycles. The summed E-state index contributed by atoms with van der Waals surface area (Å²) in [5.74, 6) is 0.514. The van der Waals surface area contributed by atoms with Crippen LogP contribution in [0, 0.1) is 0 Å². The predicted molar refractivity (Wildman–Crippen MR) is 84.6 cm³/mol. The van der Waals surface area contributed by atoms with Gasteiger partial charge in [0.05, 0.1) is 0 Å². The lowest BCUT2D eigenvalue weighted by Gasteiger charge is -2.31. The van der Waals surface area contributed by atoms with E-state index in [0.717, 1.165) is 21.8 Å². The zero-order chi connectivity index (χ0) is 13.9. The number of phenols is 2. The van der Waals surface area contributed by atoms with E-state index in [1.54, 1.807) is 24.3 Å². The van der Waals surface area contributed by atoms with Crippen LogP contribution in [-0.2, 0) is 5.41 Å². The molecule has 0 saturated carbocycles. The summed E-state index contributed by atoms with van der Waals surface area (Å²) >= 11 is 7.18. The summed E-state index contributed by atoms with van der Waals surface area (Å²) in [6, 6.07) is 14.4. The largest absolute Gasteiger partial charge is 0.508 e. The Bertz CT molecular complexity index is 484. The van der Waals surface area contributed by atoms with Crippen molar-refractivity contribution < 1.29 is 10.2 Å². The van der Waals surface area contributed by atoms with Crippen LogP contribution in [0.1, 0.15) is 11.1 Å². The number of hydrogen-bond donors (Lipinski definition) is 2. The van der Waals surface area contributed by atoms with Crippen LogP contribution in [0.5, 0.6) is 11.5 Å². The van der Waals surface area contributed by atoms with Crippen LogP contribution in [0.3, 0.4) is 0 Å². The lowest BCUT2D eigenvalue weighted by atomic mass is 9.78. The lowest BCUT2D eigenvalue weighted by Crippen LogP contribution is -2.31. The Morgan fingerprint density at radius 3 is 1.26 bits per heavy atom. The van der Waals surface area contributed by atoms with Gasteiger partial charge in [-0.05, 0) is 35.4 Å². The number of hydrogen-bond acceptors (Lipinski definition) is 2. The number of halogens is 2. The molecule has 2 nitrogen and oxygen atoms in total. The van der Waals surface area contributed by atoms with Crippen molar-refractivity contribution in [1.82, 2.24) is 0 Å². The molecule has 0 amide bonds. The van der Waals surface area contributed by atoms with Crippen LogP contribution in [0.15, 0.2) is 48.5 Å². The molecule has 0 bridgehead atoms. The summed E-state index contributed by atoms with van der Waals surface area (Å²) in [5.41, 5.74) is 1.97. The fraction of sp³-hybridized carbons (Fsp3) is 0.200. The van der Waals surface area contributed by atoms with E-state index in [0.29, 0.717) is 0 Å². The Balaban J connectivity index is 2.53. The smallest absolute Gasteiger partial charge is 0.115 e. The first-order valence-electron chi connectivity index (χ1n) is 5.83. The molecule has 0 aliphatic heterocycles. The first-order chi connectivity index (χ1) is 9.12. The van der Waals surface area contributed by atoms with Gasteiger partial charge in [-0.2, -0.15) is 0 Å². The maximum atomic E-state index is 9.42. The molecule has 0 atom stereocenters. The first-order valence-corrected chi connectivity index (χ1v) is 8.07. The molecule has 0 aliphatic rings. The maximum Gasteiger partial charge on any atom is 0.115 e. The van der Waals surface area contributed by atoms with Crippen molar-refractivity contribution in [2.24, 2.45) is 0 Å². The molecule has 0 spiro atoms. The number of benzene rings is 2. The van der Waals surface area contributed by atoms with Gasteiger partial charge in [0.25, 0.3) is 0 Å². The number of alkyl halides is 2. The van der Waals surface area contributed by atoms with Crippen molar-refractivity contribution in [3.8, 4) is 11.5 Å². The Hall–Kier alpha value is -1.00. The van der Waals surface area contributed by atoms with Crippen LogP contribution in [0.2, 0.25) is 0 Å². The normalized spacial score (nSPS) is 11.5. The van der Waals surface area contributed by atoms with Crippen LogP contribution >= 0.6 is 31.9 Å². The van der Waals surface area contributed by atoms with E-state index in [9.17, 15) is 10.2 Å². The van der Waals surface area contributed by atoms with E-state index in [4.69, 9.17) is 0 Å². The van der Waals surface area contributed by atoms with Crippen molar-refractivity contribution in [3.05, 3.63) is 59.7 Å². The van der Waals surface area contributed by atoms with Gasteiger partial charge in [-0.3, -0.25) is 0 Å². The Morgan fingerprint density at radius 1 is 0.684 bits per heavy atom. The first kappa shape index (κ1) is 14.4. The van der Waals surface area contributed by atoms with Gasteiger partial charge >= 0.3 is 0 Å². The van der Waals surface area contributed by atoms with E-state index < -0.39 is 0 Å². The molecule has 4 heteroatoms. The molecule has 2 rings (SSSR count). The summed E-state index contributed by atoms with van der Waals surface area (Å²) in [5, 5.41) is 20.3. The van der Waals surface area contributed by atoms with Gasteiger partial charge in [-0.25, -0.2) is 0 Å². The SMILES string of the molecule is Oc1ccc(C(CBr)(CBr)c2ccc(O)cc2)cc1. The van der Waals surface area contributed by atoms with Gasteiger partial charge in [0, 0.05) is 16.1 Å². The summed E-state index contributed by atoms with van der Waals surface area (Å²) < 4.78 is 0. The molecule has 0 radical (unpaired) electrons. The monoisotopic (exact) mass is 384 g/mol. The highest BCUT2D eigenvalue weighted by Gasteiger charge is 2.32. The Kier molecular flexibility index (Phi) is 4.53. The molecule has 0 saturated heterocycles. The Labute approximate surface area is 129 Å². The quantitative estimate of drug-likeness (QED) is 0.775. The molecule has 19 heavy (non-hydrogen) atoms. The summed E-state index contributed by atoms with van der Waals surface area (Å²) in [4.78, 5) is 0. The van der Waals surface area contributed by atoms with E-state index in [-0.39, 0.29) is 16.9 Å². The van der Waals surface area contributed by atoms with Crippen molar-refractivity contribution >= 4 is 31.9 Å². The van der Waals surface area contributed by atoms with Gasteiger partial charge in [0.1, 0.15) is 11.5 Å². The second kappa shape index (κ2) is 5.97. The highest BCUT2D eigenvalue weighted by Crippen LogP contribution is 2.37. The van der Waals surface area contributed by atoms with E-state index in [1.807, 2.05) is 24.3 Å². The van der Waals surface area contributed by atoms with Gasteiger partial charge in [0.2, 0.25) is 0 Å². The third-order valence-corrected chi connectivity index (χ3v) is 5.21. The van der Waals surface area contributed by atoms with Gasteiger partial charge in [-0.1, -0.05) is 56.1 Å². The van der Waals surface area contributed by atoms with Crippen LogP contribution in [0.25, 0.3) is 0 Å². The number of rotatable bonds is 4. The summed E-state index contributed by atoms with van der Waals surface area (Å²) in [6.45, 7) is 0. The standard InChI is InChI=1S/C15H14Br2O2/c16-9-15(10-17,11-1-5-13(18)6-2-11)12-3-7-14(19)8-4-12/h1-8,18-19H,9-10H2. The summed E-state index contributed by atoms with van der Waals surface area (Å²) in [6.07, 6.45) is 0. The zero-order valence-corrected chi connectivity index (χ0v) is 13.4. The molecule has 0 aliphatic carbocycles. The van der Waals surface area contributed by atoms with Crippen molar-refractivity contribution in [2.75, 3.05) is 10.7 Å². The molecule has 0 fully saturated rings. The minimum Gasteiger partial charge on any atom is -0.508 e. The van der Waals surface area contributed by atoms with E-state index >= 15 is 0 Å². The van der Waals surface area contributed by atoms with E-state index in [2.05, 4.69) is 31.9 Å². The van der Waals surface area contributed by atoms with Crippen LogP contribution in [-0.4, -0.2) is 20.9 Å². The predicted octanol–water partition coefficient (Wildman–Crippen LogP) is 4.17. The fourth-order valence-corrected chi connectivity index (χ4v) is 4.30. The van der Waals surface area contributed by atoms with Crippen molar-refractivity contribution in [2.45, 2.75) is 5.41 Å². The van der Waals surface area contributed by atoms with Crippen molar-refractivity contribution in [3.63, 3.8) is 0 Å². The minimum atomic E-state index is -0.235. The molecule has 100 valence electrons. The summed E-state index contributed by atoms with van der Waals surface area (Å²) in [7, 11) is 0. The second-order valence-corrected chi connectivity index (χ2v) is 5.56. The zero-order valence-electron chi connectivity index (χ0n) is 10.2. The van der Waals surface area contributed by atoms with Crippen LogP contribution in [0.4, 0.5) is 0 Å². The van der Waals surface area contributed by atoms with Gasteiger partial charge < -0.3 is 10.2 Å². The molecule has 0 unspecified atom stereocenters. The molecular weight excluding hydrogens is 372 g/mol. The molecule has 2 aromatic rings. The highest BCUT2D eigenvalue weighted by atomic mass is 79.9. The van der Waals surface area contributed by atoms with Crippen LogP contribution < -0.4 is 0 Å². The topological polar surface area (TPSA) is 40.5 Å². The average Bonchev–Trinajstić information content (AvgIpc) is 2.44. The molecular formula is C15H14Br2O2. The number of aromatic hydroxyl groups is 2. The lowest BCUT2D eigenvalue weighted by molar-refractivity contribution is 0.474. The maximum absolute atomic E-state index is 9.42. The van der Waals surface area contributed by atoms with Gasteiger partial charge in [0.15, 0.2) is 0 Å². The molecule has 0 heterocycles. The second-order valence-electron chi connectivity index (χ2n) is 4.44. The Morgan fingerprint density at radius 2 is 1.00 bits per heavy atom. The number of phenolic OH excluding ortho intramolecular Hbond substituents is 2. The average molecular weight is 386 g/mol. The fourth-order valence-electron chi connectivity index (χ4n) is 2.07. The van der Waals surface area contributed by atoms with E-state index in [1.165, 1.54) is 0 Å². The molecule has 2 N–H and O–H groups in total. The molecule has 0 aromatic heterocycles. The third kappa shape index (κ3) is 2.79. The third-order valence-electron chi connectivity index (χ3n) is 3.30. The minimum absolute atomic E-state index is 0.235. The highest BCUT2D eigenvalue weighted by molar-refractivity contribution is 9.09. The van der Waals surface area contributed by atoms with Crippen molar-refractivity contribution in [1.29, 1.82) is 0 Å². The van der Waals surface area contributed by atoms with Gasteiger partial charge in [-0.15, -0.1) is 0 Å².